The average Bonchev–Trinajstić information content (AvgIpc) is 3.94. The number of benzene rings is 4. The van der Waals surface area contributed by atoms with Crippen LogP contribution in [0.3, 0.4) is 0 Å². The molecule has 2 aromatic heterocycles. The highest BCUT2D eigenvalue weighted by molar-refractivity contribution is 7.44. The van der Waals surface area contributed by atoms with Gasteiger partial charge in [0.1, 0.15) is 41.7 Å². The van der Waals surface area contributed by atoms with Crippen LogP contribution in [0.1, 0.15) is 67.4 Å². The minimum atomic E-state index is -1.82. The Kier molecular flexibility index (Phi) is 17.0. The number of aromatic nitrogens is 4. The standard InChI is InChI=1S/C50H58N7O9P/c1-34(2)57(35(3)4)67(64-28-14-27-51)66-44-42(31-63-50(37-17-12-9-13-18-37,38-19-23-40(60-6)24-20-38)39-21-25-41(61-7)26-22-39)65-49(45(44)62-30-29-59-5)56-33-54-43-46(52-32-53-47(43)56)55-48(58)36-15-10-8-11-16-36/h8-13,15-26,32-35,42,44-45,49H,14,28-31H2,1-7H3,(H,52,53,55,58)/t42-,44+,45?,49-,67?/m1/s1. The van der Waals surface area contributed by atoms with Gasteiger partial charge in [-0.1, -0.05) is 72.8 Å². The SMILES string of the molecule is COCCOC1[C@@H](OP(OCCC#N)N(C(C)C)C(C)C)[C@@H](COC(c2ccccc2)(c2ccc(OC)cc2)c2ccc(OC)cc2)O[C@H]1n1cnc2c(NC(=O)c3ccccc3)ncnc21. The molecule has 1 aliphatic rings. The van der Waals surface area contributed by atoms with Gasteiger partial charge in [-0.05, 0) is 80.8 Å². The van der Waals surface area contributed by atoms with Gasteiger partial charge in [0.25, 0.3) is 14.4 Å². The van der Waals surface area contributed by atoms with Gasteiger partial charge < -0.3 is 42.8 Å². The summed E-state index contributed by atoms with van der Waals surface area (Å²) in [6.07, 6.45) is -0.246. The van der Waals surface area contributed by atoms with Crippen molar-refractivity contribution in [3.63, 3.8) is 0 Å². The number of methoxy groups -OCH3 is 3. The van der Waals surface area contributed by atoms with Crippen molar-refractivity contribution in [2.24, 2.45) is 0 Å². The van der Waals surface area contributed by atoms with Gasteiger partial charge in [-0.3, -0.25) is 9.36 Å². The lowest BCUT2D eigenvalue weighted by molar-refractivity contribution is -0.0966. The van der Waals surface area contributed by atoms with Crippen LogP contribution in [0.2, 0.25) is 0 Å². The summed E-state index contributed by atoms with van der Waals surface area (Å²) >= 11 is 0. The van der Waals surface area contributed by atoms with Crippen LogP contribution in [0.4, 0.5) is 5.82 Å². The number of rotatable bonds is 23. The molecule has 5 atom stereocenters. The fraction of sp³-hybridized carbons (Fsp3) is 0.380. The molecule has 7 rings (SSSR count). The molecule has 3 heterocycles. The number of imidazole rings is 1. The van der Waals surface area contributed by atoms with E-state index in [1.807, 2.05) is 84.9 Å². The number of nitrogens with zero attached hydrogens (tertiary/aromatic N) is 6. The second kappa shape index (κ2) is 23.2. The molecule has 1 aliphatic heterocycles. The smallest absolute Gasteiger partial charge is 0.259 e. The van der Waals surface area contributed by atoms with E-state index in [4.69, 9.17) is 42.5 Å². The van der Waals surface area contributed by atoms with Crippen molar-refractivity contribution in [3.8, 4) is 17.6 Å². The average molecular weight is 932 g/mol. The first-order chi connectivity index (χ1) is 32.6. The Balaban J connectivity index is 1.36. The third kappa shape index (κ3) is 11.1. The molecule has 0 radical (unpaired) electrons. The van der Waals surface area contributed by atoms with E-state index >= 15 is 0 Å². The van der Waals surface area contributed by atoms with Crippen molar-refractivity contribution in [3.05, 3.63) is 144 Å². The highest BCUT2D eigenvalue weighted by atomic mass is 31.2. The molecule has 6 aromatic rings. The highest BCUT2D eigenvalue weighted by Gasteiger charge is 2.52. The molecule has 1 saturated heterocycles. The first kappa shape index (κ1) is 49.1. The number of carbonyl (C=O) groups is 1. The topological polar surface area (TPSA) is 174 Å². The highest BCUT2D eigenvalue weighted by Crippen LogP contribution is 2.51. The maximum absolute atomic E-state index is 13.3. The van der Waals surface area contributed by atoms with E-state index in [1.54, 1.807) is 56.5 Å². The van der Waals surface area contributed by atoms with Crippen molar-refractivity contribution < 1.29 is 42.3 Å². The van der Waals surface area contributed by atoms with Crippen LogP contribution in [-0.2, 0) is 33.6 Å². The van der Waals surface area contributed by atoms with E-state index in [0.29, 0.717) is 28.2 Å². The Bertz CT molecular complexity index is 2470. The van der Waals surface area contributed by atoms with Gasteiger partial charge >= 0.3 is 0 Å². The third-order valence-corrected chi connectivity index (χ3v) is 13.4. The Morgan fingerprint density at radius 3 is 2.00 bits per heavy atom. The second-order valence-electron chi connectivity index (χ2n) is 16.2. The van der Waals surface area contributed by atoms with Gasteiger partial charge in [-0.2, -0.15) is 5.26 Å². The van der Waals surface area contributed by atoms with Gasteiger partial charge in [0.2, 0.25) is 0 Å². The first-order valence-electron chi connectivity index (χ1n) is 22.2. The Morgan fingerprint density at radius 2 is 1.42 bits per heavy atom. The van der Waals surface area contributed by atoms with E-state index in [9.17, 15) is 10.1 Å². The summed E-state index contributed by atoms with van der Waals surface area (Å²) in [6.45, 7) is 8.91. The fourth-order valence-corrected chi connectivity index (χ4v) is 9.99. The van der Waals surface area contributed by atoms with Crippen molar-refractivity contribution in [1.29, 1.82) is 5.26 Å². The summed E-state index contributed by atoms with van der Waals surface area (Å²) in [6, 6.07) is 36.7. The molecule has 0 saturated carbocycles. The third-order valence-electron chi connectivity index (χ3n) is 11.3. The molecule has 0 spiro atoms. The number of hydrogen-bond acceptors (Lipinski definition) is 14. The minimum Gasteiger partial charge on any atom is -0.497 e. The number of fused-ring (bicyclic) bond motifs is 1. The molecule has 0 bridgehead atoms. The maximum atomic E-state index is 13.3. The zero-order valence-electron chi connectivity index (χ0n) is 38.9. The van der Waals surface area contributed by atoms with Crippen LogP contribution in [0.5, 0.6) is 11.5 Å². The number of anilines is 1. The fourth-order valence-electron chi connectivity index (χ4n) is 8.22. The molecular weight excluding hydrogens is 874 g/mol. The molecule has 0 aliphatic carbocycles. The van der Waals surface area contributed by atoms with Crippen molar-refractivity contribution >= 4 is 31.4 Å². The van der Waals surface area contributed by atoms with Crippen LogP contribution >= 0.6 is 8.53 Å². The lowest BCUT2D eigenvalue weighted by Crippen LogP contribution is -2.43. The van der Waals surface area contributed by atoms with Gasteiger partial charge in [0, 0.05) is 24.8 Å². The van der Waals surface area contributed by atoms with Crippen LogP contribution in [0.25, 0.3) is 11.2 Å². The van der Waals surface area contributed by atoms with Crippen LogP contribution < -0.4 is 14.8 Å². The molecular formula is C50H58N7O9P. The van der Waals surface area contributed by atoms with Gasteiger partial charge in [-0.15, -0.1) is 0 Å². The number of ether oxygens (including phenoxy) is 6. The molecule has 67 heavy (non-hydrogen) atoms. The summed E-state index contributed by atoms with van der Waals surface area (Å²) in [4.78, 5) is 27.1. The minimum absolute atomic E-state index is 0.00330. The summed E-state index contributed by atoms with van der Waals surface area (Å²) in [5, 5.41) is 12.5. The lowest BCUT2D eigenvalue weighted by atomic mass is 9.80. The molecule has 1 N–H and O–H groups in total. The van der Waals surface area contributed by atoms with Crippen molar-refractivity contribution in [2.75, 3.05) is 53.1 Å². The number of nitriles is 1. The zero-order valence-corrected chi connectivity index (χ0v) is 39.7. The number of hydrogen-bond donors (Lipinski definition) is 1. The van der Waals surface area contributed by atoms with E-state index in [-0.39, 0.29) is 56.7 Å². The van der Waals surface area contributed by atoms with Crippen LogP contribution in [-0.4, -0.2) is 108 Å². The predicted octanol–water partition coefficient (Wildman–Crippen LogP) is 8.69. The normalized spacial score (nSPS) is 17.8. The van der Waals surface area contributed by atoms with Gasteiger partial charge in [-0.25, -0.2) is 19.6 Å². The van der Waals surface area contributed by atoms with Crippen molar-refractivity contribution in [2.45, 2.75) is 76.3 Å². The predicted molar refractivity (Wildman–Crippen MR) is 254 cm³/mol. The first-order valence-corrected chi connectivity index (χ1v) is 23.3. The summed E-state index contributed by atoms with van der Waals surface area (Å²) < 4.78 is 55.7. The molecule has 4 aromatic carbocycles. The molecule has 1 fully saturated rings. The number of carbonyl (C=O) groups excluding carboxylic acids is 1. The molecule has 352 valence electrons. The quantitative estimate of drug-likeness (QED) is 0.0367. The van der Waals surface area contributed by atoms with E-state index < -0.39 is 38.7 Å². The summed E-state index contributed by atoms with van der Waals surface area (Å²) in [5.74, 6) is 1.26. The Morgan fingerprint density at radius 1 is 0.806 bits per heavy atom. The Hall–Kier alpha value is -5.86. The van der Waals surface area contributed by atoms with Crippen LogP contribution in [0, 0.1) is 11.3 Å². The van der Waals surface area contributed by atoms with E-state index in [2.05, 4.69) is 53.7 Å². The monoisotopic (exact) mass is 931 g/mol. The second-order valence-corrected chi connectivity index (χ2v) is 17.6. The lowest BCUT2D eigenvalue weighted by Gasteiger charge is -2.39. The van der Waals surface area contributed by atoms with Crippen molar-refractivity contribution in [1.82, 2.24) is 24.2 Å². The number of amides is 1. The van der Waals surface area contributed by atoms with E-state index in [0.717, 1.165) is 16.7 Å². The zero-order chi connectivity index (χ0) is 47.3. The van der Waals surface area contributed by atoms with Crippen LogP contribution in [0.15, 0.2) is 122 Å². The molecule has 1 amide bonds. The summed E-state index contributed by atoms with van der Waals surface area (Å²) in [7, 11) is 3.05. The molecule has 2 unspecified atom stereocenters. The van der Waals surface area contributed by atoms with Gasteiger partial charge in [0.15, 0.2) is 23.2 Å². The van der Waals surface area contributed by atoms with E-state index in [1.165, 1.54) is 6.33 Å². The summed E-state index contributed by atoms with van der Waals surface area (Å²) in [5.41, 5.74) is 2.52. The molecule has 17 heteroatoms. The maximum Gasteiger partial charge on any atom is 0.259 e. The Labute approximate surface area is 393 Å². The van der Waals surface area contributed by atoms with Gasteiger partial charge in [0.05, 0.1) is 59.5 Å². The molecule has 16 nitrogen and oxygen atoms in total. The largest absolute Gasteiger partial charge is 0.497 e. The number of nitrogens with one attached hydrogen (secondary N) is 1.